The number of imidazole rings is 1. The summed E-state index contributed by atoms with van der Waals surface area (Å²) in [5.74, 6) is 2.00. The zero-order valence-electron chi connectivity index (χ0n) is 14.5. The van der Waals surface area contributed by atoms with Crippen LogP contribution in [-0.4, -0.2) is 36.0 Å². The molecule has 0 atom stereocenters. The van der Waals surface area contributed by atoms with Gasteiger partial charge < -0.3 is 4.57 Å². The number of aromatic nitrogens is 5. The molecule has 1 aromatic carbocycles. The molecular formula is C19H22N6. The van der Waals surface area contributed by atoms with Crippen molar-refractivity contribution in [2.24, 2.45) is 7.05 Å². The second-order valence-electron chi connectivity index (χ2n) is 7.12. The van der Waals surface area contributed by atoms with Gasteiger partial charge in [0.05, 0.1) is 23.3 Å². The third kappa shape index (κ3) is 2.76. The second-order valence-corrected chi connectivity index (χ2v) is 7.12. The van der Waals surface area contributed by atoms with Gasteiger partial charge in [-0.2, -0.15) is 15.0 Å². The first-order valence-corrected chi connectivity index (χ1v) is 9.01. The molecule has 1 aliphatic carbocycles. The third-order valence-electron chi connectivity index (χ3n) is 5.22. The molecule has 6 heteroatoms. The molecular weight excluding hydrogens is 312 g/mol. The second kappa shape index (κ2) is 5.81. The van der Waals surface area contributed by atoms with Crippen molar-refractivity contribution in [3.63, 3.8) is 0 Å². The molecule has 0 saturated heterocycles. The Kier molecular flexibility index (Phi) is 3.45. The van der Waals surface area contributed by atoms with Crippen LogP contribution in [0.5, 0.6) is 0 Å². The number of rotatable bonds is 4. The minimum absolute atomic E-state index is 0.704. The number of fused-ring (bicyclic) bond motifs is 1. The maximum absolute atomic E-state index is 4.94. The van der Waals surface area contributed by atoms with Gasteiger partial charge in [-0.15, -0.1) is 0 Å². The normalized spacial score (nSPS) is 17.6. The highest BCUT2D eigenvalue weighted by Crippen LogP contribution is 2.40. The molecule has 3 heterocycles. The van der Waals surface area contributed by atoms with Crippen molar-refractivity contribution >= 4 is 0 Å². The van der Waals surface area contributed by atoms with Crippen molar-refractivity contribution < 1.29 is 0 Å². The van der Waals surface area contributed by atoms with Gasteiger partial charge in [0.2, 0.25) is 0 Å². The van der Waals surface area contributed by atoms with E-state index in [9.17, 15) is 0 Å². The largest absolute Gasteiger partial charge is 0.335 e. The molecule has 6 nitrogen and oxygen atoms in total. The fourth-order valence-corrected chi connectivity index (χ4v) is 3.73. The average molecular weight is 334 g/mol. The minimum atomic E-state index is 0.704. The van der Waals surface area contributed by atoms with Crippen molar-refractivity contribution in [3.8, 4) is 5.69 Å². The van der Waals surface area contributed by atoms with Gasteiger partial charge in [0.1, 0.15) is 5.82 Å². The van der Waals surface area contributed by atoms with E-state index >= 15 is 0 Å². The van der Waals surface area contributed by atoms with Gasteiger partial charge in [0.25, 0.3) is 0 Å². The summed E-state index contributed by atoms with van der Waals surface area (Å²) in [6.45, 7) is 2.78. The zero-order valence-corrected chi connectivity index (χ0v) is 14.5. The Morgan fingerprint density at radius 2 is 2.00 bits per heavy atom. The summed E-state index contributed by atoms with van der Waals surface area (Å²) in [6.07, 6.45) is 5.54. The lowest BCUT2D eigenvalue weighted by Crippen LogP contribution is -2.31. The Bertz CT molecular complexity index is 890. The van der Waals surface area contributed by atoms with Gasteiger partial charge in [-0.05, 0) is 25.0 Å². The van der Waals surface area contributed by atoms with Crippen molar-refractivity contribution in [2.45, 2.75) is 38.3 Å². The van der Waals surface area contributed by atoms with E-state index in [0.29, 0.717) is 5.92 Å². The lowest BCUT2D eigenvalue weighted by Gasteiger charge is -2.25. The first-order valence-electron chi connectivity index (χ1n) is 9.01. The quantitative estimate of drug-likeness (QED) is 0.735. The van der Waals surface area contributed by atoms with Crippen molar-refractivity contribution in [1.29, 1.82) is 0 Å². The van der Waals surface area contributed by atoms with Crippen LogP contribution in [0.25, 0.3) is 5.69 Å². The molecule has 5 rings (SSSR count). The SMILES string of the molecule is Cn1c(C2CC2)nc2c1CCN(Cc1cnn(-c3ccccc3)n1)C2. The summed E-state index contributed by atoms with van der Waals surface area (Å²) in [7, 11) is 2.18. The lowest BCUT2D eigenvalue weighted by molar-refractivity contribution is 0.237. The lowest BCUT2D eigenvalue weighted by atomic mass is 10.1. The van der Waals surface area contributed by atoms with Crippen LogP contribution in [0, 0.1) is 0 Å². The van der Waals surface area contributed by atoms with E-state index in [1.807, 2.05) is 36.5 Å². The van der Waals surface area contributed by atoms with Crippen molar-refractivity contribution in [2.75, 3.05) is 6.54 Å². The number of benzene rings is 1. The highest BCUT2D eigenvalue weighted by Gasteiger charge is 2.31. The molecule has 0 spiro atoms. The van der Waals surface area contributed by atoms with E-state index in [0.717, 1.165) is 37.4 Å². The minimum Gasteiger partial charge on any atom is -0.335 e. The van der Waals surface area contributed by atoms with Crippen LogP contribution in [0.4, 0.5) is 0 Å². The van der Waals surface area contributed by atoms with Gasteiger partial charge in [-0.1, -0.05) is 18.2 Å². The summed E-state index contributed by atoms with van der Waals surface area (Å²) in [4.78, 5) is 9.06. The Morgan fingerprint density at radius 1 is 1.16 bits per heavy atom. The first kappa shape index (κ1) is 14.8. The van der Waals surface area contributed by atoms with E-state index in [2.05, 4.69) is 26.7 Å². The smallest absolute Gasteiger partial charge is 0.112 e. The van der Waals surface area contributed by atoms with Gasteiger partial charge in [-0.3, -0.25) is 4.90 Å². The van der Waals surface area contributed by atoms with Gasteiger partial charge in [-0.25, -0.2) is 4.98 Å². The Hall–Kier alpha value is -2.47. The summed E-state index contributed by atoms with van der Waals surface area (Å²) >= 11 is 0. The standard InChI is InChI=1S/C19H22N6/c1-23-18-9-10-24(13-17(18)21-19(23)14-7-8-14)12-15-11-20-25(22-15)16-5-3-2-4-6-16/h2-6,11,14H,7-10,12-13H2,1H3. The maximum Gasteiger partial charge on any atom is 0.112 e. The highest BCUT2D eigenvalue weighted by atomic mass is 15.5. The Balaban J connectivity index is 1.31. The molecule has 3 aromatic rings. The summed E-state index contributed by atoms with van der Waals surface area (Å²) < 4.78 is 2.34. The predicted molar refractivity (Wildman–Crippen MR) is 94.4 cm³/mol. The van der Waals surface area contributed by atoms with Crippen LogP contribution in [0.15, 0.2) is 36.5 Å². The van der Waals surface area contributed by atoms with Crippen LogP contribution in [0.1, 0.15) is 41.7 Å². The number of hydrogen-bond donors (Lipinski definition) is 0. The fourth-order valence-electron chi connectivity index (χ4n) is 3.73. The molecule has 1 saturated carbocycles. The highest BCUT2D eigenvalue weighted by molar-refractivity contribution is 5.28. The summed E-state index contributed by atoms with van der Waals surface area (Å²) in [5.41, 5.74) is 4.68. The molecule has 128 valence electrons. The van der Waals surface area contributed by atoms with Crippen LogP contribution >= 0.6 is 0 Å². The molecule has 0 amide bonds. The summed E-state index contributed by atoms with van der Waals surface area (Å²) in [5, 5.41) is 9.03. The molecule has 1 aliphatic heterocycles. The first-order chi connectivity index (χ1) is 12.3. The molecule has 0 bridgehead atoms. The molecule has 0 radical (unpaired) electrons. The summed E-state index contributed by atoms with van der Waals surface area (Å²) in [6, 6.07) is 10.0. The Labute approximate surface area is 147 Å². The fraction of sp³-hybridized carbons (Fsp3) is 0.421. The van der Waals surface area contributed by atoms with Crippen molar-refractivity contribution in [1.82, 2.24) is 29.4 Å². The molecule has 1 fully saturated rings. The molecule has 25 heavy (non-hydrogen) atoms. The number of nitrogens with zero attached hydrogens (tertiary/aromatic N) is 6. The number of para-hydroxylation sites is 1. The van der Waals surface area contributed by atoms with Crippen molar-refractivity contribution in [3.05, 3.63) is 59.4 Å². The van der Waals surface area contributed by atoms with Gasteiger partial charge in [0.15, 0.2) is 0 Å². The van der Waals surface area contributed by atoms with Gasteiger partial charge in [0, 0.05) is 44.7 Å². The zero-order chi connectivity index (χ0) is 16.8. The monoisotopic (exact) mass is 334 g/mol. The van der Waals surface area contributed by atoms with Gasteiger partial charge >= 0.3 is 0 Å². The van der Waals surface area contributed by atoms with E-state index in [1.165, 1.54) is 30.1 Å². The van der Waals surface area contributed by atoms with Crippen LogP contribution < -0.4 is 0 Å². The average Bonchev–Trinajstić information content (AvgIpc) is 3.30. The Morgan fingerprint density at radius 3 is 2.80 bits per heavy atom. The third-order valence-corrected chi connectivity index (χ3v) is 5.22. The molecule has 0 unspecified atom stereocenters. The number of hydrogen-bond acceptors (Lipinski definition) is 4. The van der Waals surface area contributed by atoms with E-state index < -0.39 is 0 Å². The topological polar surface area (TPSA) is 51.8 Å². The van der Waals surface area contributed by atoms with E-state index in [1.54, 1.807) is 4.80 Å². The van der Waals surface area contributed by atoms with E-state index in [-0.39, 0.29) is 0 Å². The van der Waals surface area contributed by atoms with Crippen LogP contribution in [-0.2, 0) is 26.6 Å². The molecule has 2 aliphatic rings. The molecule has 0 N–H and O–H groups in total. The van der Waals surface area contributed by atoms with Crippen LogP contribution in [0.3, 0.4) is 0 Å². The van der Waals surface area contributed by atoms with Crippen LogP contribution in [0.2, 0.25) is 0 Å². The van der Waals surface area contributed by atoms with E-state index in [4.69, 9.17) is 4.98 Å². The maximum atomic E-state index is 4.94. The molecule has 2 aromatic heterocycles. The predicted octanol–water partition coefficient (Wildman–Crippen LogP) is 2.44.